The molecular formula is C12H14F2N2O. The minimum absolute atomic E-state index is 0.0389. The highest BCUT2D eigenvalue weighted by atomic mass is 19.1. The fourth-order valence-electron chi connectivity index (χ4n) is 1.36. The van der Waals surface area contributed by atoms with Crippen LogP contribution in [0.3, 0.4) is 0 Å². The van der Waals surface area contributed by atoms with E-state index < -0.39 is 11.6 Å². The molecule has 1 aromatic carbocycles. The summed E-state index contributed by atoms with van der Waals surface area (Å²) in [5.74, 6) is -1.55. The van der Waals surface area contributed by atoms with Crippen LogP contribution in [-0.4, -0.2) is 19.3 Å². The molecule has 5 heteroatoms. The summed E-state index contributed by atoms with van der Waals surface area (Å²) in [5, 5.41) is 11.2. The zero-order valence-corrected chi connectivity index (χ0v) is 9.76. The highest BCUT2D eigenvalue weighted by Crippen LogP contribution is 2.21. The number of nitrogens with zero attached hydrogens (tertiary/aromatic N) is 1. The maximum atomic E-state index is 13.5. The molecule has 0 heterocycles. The van der Waals surface area contributed by atoms with E-state index in [1.165, 1.54) is 0 Å². The second kappa shape index (κ2) is 6.16. The molecule has 0 saturated carbocycles. The van der Waals surface area contributed by atoms with Crippen LogP contribution in [0.5, 0.6) is 0 Å². The summed E-state index contributed by atoms with van der Waals surface area (Å²) in [4.78, 5) is 0. The van der Waals surface area contributed by atoms with Crippen molar-refractivity contribution in [2.24, 2.45) is 0 Å². The molecule has 0 aromatic heterocycles. The molecule has 1 rings (SSSR count). The SMILES string of the molecule is CCOCC(C)Nc1c(F)cc(C#N)cc1F. The number of halogens is 2. The van der Waals surface area contributed by atoms with Crippen molar-refractivity contribution in [3.63, 3.8) is 0 Å². The van der Waals surface area contributed by atoms with Crippen molar-refractivity contribution in [3.05, 3.63) is 29.3 Å². The van der Waals surface area contributed by atoms with Gasteiger partial charge in [0.2, 0.25) is 0 Å². The second-order valence-electron chi connectivity index (χ2n) is 3.63. The smallest absolute Gasteiger partial charge is 0.150 e. The molecule has 0 aliphatic carbocycles. The van der Waals surface area contributed by atoms with E-state index in [0.29, 0.717) is 13.2 Å². The Hall–Kier alpha value is -1.67. The quantitative estimate of drug-likeness (QED) is 0.860. The molecule has 0 bridgehead atoms. The van der Waals surface area contributed by atoms with Gasteiger partial charge in [0.05, 0.1) is 18.2 Å². The summed E-state index contributed by atoms with van der Waals surface area (Å²) in [6.45, 7) is 4.50. The maximum absolute atomic E-state index is 13.5. The van der Waals surface area contributed by atoms with Gasteiger partial charge in [0.1, 0.15) is 5.69 Å². The van der Waals surface area contributed by atoms with Crippen LogP contribution in [0.4, 0.5) is 14.5 Å². The zero-order valence-electron chi connectivity index (χ0n) is 9.76. The monoisotopic (exact) mass is 240 g/mol. The highest BCUT2D eigenvalue weighted by molar-refractivity contribution is 5.50. The summed E-state index contributed by atoms with van der Waals surface area (Å²) >= 11 is 0. The number of ether oxygens (including phenoxy) is 1. The number of anilines is 1. The normalized spacial score (nSPS) is 11.9. The topological polar surface area (TPSA) is 45.0 Å². The van der Waals surface area contributed by atoms with Gasteiger partial charge >= 0.3 is 0 Å². The third-order valence-corrected chi connectivity index (χ3v) is 2.13. The van der Waals surface area contributed by atoms with E-state index in [4.69, 9.17) is 10.00 Å². The maximum Gasteiger partial charge on any atom is 0.150 e. The number of nitrogens with one attached hydrogen (secondary N) is 1. The first-order valence-corrected chi connectivity index (χ1v) is 5.32. The lowest BCUT2D eigenvalue weighted by Crippen LogP contribution is -2.23. The molecule has 1 unspecified atom stereocenters. The van der Waals surface area contributed by atoms with Crippen molar-refractivity contribution < 1.29 is 13.5 Å². The van der Waals surface area contributed by atoms with Gasteiger partial charge in [-0.2, -0.15) is 5.26 Å². The molecule has 0 amide bonds. The first kappa shape index (κ1) is 13.4. The van der Waals surface area contributed by atoms with Crippen molar-refractivity contribution in [1.82, 2.24) is 0 Å². The van der Waals surface area contributed by atoms with Crippen molar-refractivity contribution in [1.29, 1.82) is 5.26 Å². The largest absolute Gasteiger partial charge is 0.380 e. The van der Waals surface area contributed by atoms with Crippen molar-refractivity contribution in [2.45, 2.75) is 19.9 Å². The molecule has 0 spiro atoms. The summed E-state index contributed by atoms with van der Waals surface area (Å²) < 4.78 is 32.1. The van der Waals surface area contributed by atoms with E-state index in [1.54, 1.807) is 13.0 Å². The Morgan fingerprint density at radius 3 is 2.47 bits per heavy atom. The Morgan fingerprint density at radius 1 is 1.41 bits per heavy atom. The van der Waals surface area contributed by atoms with Crippen LogP contribution in [0.2, 0.25) is 0 Å². The van der Waals surface area contributed by atoms with Crippen LogP contribution in [0.15, 0.2) is 12.1 Å². The molecule has 1 N–H and O–H groups in total. The van der Waals surface area contributed by atoms with Gasteiger partial charge < -0.3 is 10.1 Å². The van der Waals surface area contributed by atoms with Gasteiger partial charge in [0.25, 0.3) is 0 Å². The standard InChI is InChI=1S/C12H14F2N2O/c1-3-17-7-8(2)16-12-10(13)4-9(6-15)5-11(12)14/h4-5,8,16H,3,7H2,1-2H3. The van der Waals surface area contributed by atoms with E-state index in [9.17, 15) is 8.78 Å². The predicted octanol–water partition coefficient (Wildman–Crippen LogP) is 2.67. The molecule has 1 aromatic rings. The summed E-state index contributed by atoms with van der Waals surface area (Å²) in [5.41, 5.74) is -0.265. The molecule has 92 valence electrons. The molecule has 0 fully saturated rings. The number of nitriles is 1. The van der Waals surface area contributed by atoms with E-state index in [2.05, 4.69) is 5.32 Å². The number of benzene rings is 1. The summed E-state index contributed by atoms with van der Waals surface area (Å²) in [6, 6.07) is 3.47. The second-order valence-corrected chi connectivity index (χ2v) is 3.63. The van der Waals surface area contributed by atoms with E-state index in [-0.39, 0.29) is 17.3 Å². The molecule has 0 radical (unpaired) electrons. The fourth-order valence-corrected chi connectivity index (χ4v) is 1.36. The molecule has 17 heavy (non-hydrogen) atoms. The van der Waals surface area contributed by atoms with Crippen LogP contribution < -0.4 is 5.32 Å². The Kier molecular flexibility index (Phi) is 4.85. The van der Waals surface area contributed by atoms with Crippen molar-refractivity contribution in [3.8, 4) is 6.07 Å². The number of rotatable bonds is 5. The summed E-state index contributed by atoms with van der Waals surface area (Å²) in [6.07, 6.45) is 0. The first-order chi connectivity index (χ1) is 8.08. The van der Waals surface area contributed by atoms with Gasteiger partial charge in [-0.25, -0.2) is 8.78 Å². The Morgan fingerprint density at radius 2 is 2.00 bits per heavy atom. The fraction of sp³-hybridized carbons (Fsp3) is 0.417. The van der Waals surface area contributed by atoms with Gasteiger partial charge in [-0.1, -0.05) is 0 Å². The van der Waals surface area contributed by atoms with Gasteiger partial charge in [0, 0.05) is 12.6 Å². The minimum Gasteiger partial charge on any atom is -0.380 e. The average Bonchev–Trinajstić information content (AvgIpc) is 2.30. The van der Waals surface area contributed by atoms with Crippen LogP contribution in [0, 0.1) is 23.0 Å². The lowest BCUT2D eigenvalue weighted by molar-refractivity contribution is 0.141. The lowest BCUT2D eigenvalue weighted by atomic mass is 10.2. The van der Waals surface area contributed by atoms with Crippen LogP contribution in [0.25, 0.3) is 0 Å². The van der Waals surface area contributed by atoms with Gasteiger partial charge in [-0.05, 0) is 26.0 Å². The third-order valence-electron chi connectivity index (χ3n) is 2.13. The van der Waals surface area contributed by atoms with Crippen LogP contribution in [-0.2, 0) is 4.74 Å². The molecule has 0 aliphatic rings. The Bertz CT molecular complexity index is 406. The van der Waals surface area contributed by atoms with E-state index in [1.807, 2.05) is 6.92 Å². The average molecular weight is 240 g/mol. The Labute approximate surface area is 99.0 Å². The first-order valence-electron chi connectivity index (χ1n) is 5.32. The van der Waals surface area contributed by atoms with Crippen LogP contribution in [0.1, 0.15) is 19.4 Å². The van der Waals surface area contributed by atoms with Crippen molar-refractivity contribution >= 4 is 5.69 Å². The van der Waals surface area contributed by atoms with Crippen LogP contribution >= 0.6 is 0 Å². The highest BCUT2D eigenvalue weighted by Gasteiger charge is 2.13. The number of hydrogen-bond acceptors (Lipinski definition) is 3. The minimum atomic E-state index is -0.773. The molecular weight excluding hydrogens is 226 g/mol. The van der Waals surface area contributed by atoms with Gasteiger partial charge in [-0.3, -0.25) is 0 Å². The Balaban J connectivity index is 2.81. The zero-order chi connectivity index (χ0) is 12.8. The molecule has 0 saturated heterocycles. The lowest BCUT2D eigenvalue weighted by Gasteiger charge is -2.16. The summed E-state index contributed by atoms with van der Waals surface area (Å²) in [7, 11) is 0. The van der Waals surface area contributed by atoms with E-state index in [0.717, 1.165) is 12.1 Å². The predicted molar refractivity (Wildman–Crippen MR) is 60.7 cm³/mol. The van der Waals surface area contributed by atoms with Gasteiger partial charge in [0.15, 0.2) is 11.6 Å². The molecule has 3 nitrogen and oxygen atoms in total. The van der Waals surface area contributed by atoms with Crippen molar-refractivity contribution in [2.75, 3.05) is 18.5 Å². The molecule has 0 aliphatic heterocycles. The van der Waals surface area contributed by atoms with E-state index >= 15 is 0 Å². The van der Waals surface area contributed by atoms with Gasteiger partial charge in [-0.15, -0.1) is 0 Å². The molecule has 1 atom stereocenters. The third kappa shape index (κ3) is 3.68. The number of hydrogen-bond donors (Lipinski definition) is 1.